The summed E-state index contributed by atoms with van der Waals surface area (Å²) in [6.45, 7) is 3.31. The van der Waals surface area contributed by atoms with E-state index in [1.807, 2.05) is 17.5 Å². The lowest BCUT2D eigenvalue weighted by atomic mass is 10.2. The van der Waals surface area contributed by atoms with E-state index in [1.54, 1.807) is 34.6 Å². The predicted octanol–water partition coefficient (Wildman–Crippen LogP) is 2.80. The summed E-state index contributed by atoms with van der Waals surface area (Å²) in [6.07, 6.45) is 1.55. The molecule has 0 aromatic carbocycles. The van der Waals surface area contributed by atoms with Crippen LogP contribution in [0.4, 0.5) is 0 Å². The lowest BCUT2D eigenvalue weighted by Gasteiger charge is -2.33. The van der Waals surface area contributed by atoms with Crippen molar-refractivity contribution in [2.45, 2.75) is 6.54 Å². The molecule has 0 bridgehead atoms. The molecule has 0 radical (unpaired) electrons. The molecule has 3 aromatic rings. The van der Waals surface area contributed by atoms with E-state index in [0.29, 0.717) is 42.1 Å². The second kappa shape index (κ2) is 7.53. The molecule has 9 heteroatoms. The van der Waals surface area contributed by atoms with Gasteiger partial charge in [0.25, 0.3) is 5.91 Å². The number of rotatable bonds is 4. The Balaban J connectivity index is 1.33. The third-order valence-corrected chi connectivity index (χ3v) is 5.27. The largest absolute Gasteiger partial charge is 0.338 e. The van der Waals surface area contributed by atoms with Gasteiger partial charge in [0.05, 0.1) is 11.4 Å². The predicted molar refractivity (Wildman–Crippen MR) is 98.0 cm³/mol. The zero-order chi connectivity index (χ0) is 17.9. The molecule has 26 heavy (non-hydrogen) atoms. The molecular formula is C17H16ClN5O2S. The van der Waals surface area contributed by atoms with Crippen LogP contribution < -0.4 is 0 Å². The van der Waals surface area contributed by atoms with Crippen molar-refractivity contribution in [2.24, 2.45) is 0 Å². The average Bonchev–Trinajstić information content (AvgIpc) is 3.33. The van der Waals surface area contributed by atoms with Gasteiger partial charge in [-0.1, -0.05) is 22.8 Å². The number of carbonyl (C=O) groups excluding carboxylic acids is 1. The fraction of sp³-hybridized carbons (Fsp3) is 0.294. The maximum atomic E-state index is 12.5. The zero-order valence-corrected chi connectivity index (χ0v) is 15.4. The molecule has 0 saturated carbocycles. The van der Waals surface area contributed by atoms with Crippen LogP contribution >= 0.6 is 22.9 Å². The first kappa shape index (κ1) is 17.1. The van der Waals surface area contributed by atoms with Gasteiger partial charge in [0.2, 0.25) is 11.7 Å². The summed E-state index contributed by atoms with van der Waals surface area (Å²) in [5.41, 5.74) is 0.378. The number of amides is 1. The highest BCUT2D eigenvalue weighted by Crippen LogP contribution is 2.22. The second-order valence-electron chi connectivity index (χ2n) is 5.92. The Bertz CT molecular complexity index is 890. The number of aromatic nitrogens is 3. The van der Waals surface area contributed by atoms with Crippen molar-refractivity contribution in [1.29, 1.82) is 0 Å². The normalized spacial score (nSPS) is 15.3. The van der Waals surface area contributed by atoms with Gasteiger partial charge in [0.15, 0.2) is 0 Å². The Morgan fingerprint density at radius 3 is 2.85 bits per heavy atom. The van der Waals surface area contributed by atoms with E-state index in [4.69, 9.17) is 16.1 Å². The van der Waals surface area contributed by atoms with Gasteiger partial charge in [0.1, 0.15) is 5.69 Å². The van der Waals surface area contributed by atoms with Crippen LogP contribution in [-0.4, -0.2) is 57.0 Å². The van der Waals surface area contributed by atoms with Gasteiger partial charge in [-0.05, 0) is 23.6 Å². The minimum atomic E-state index is -0.0927. The summed E-state index contributed by atoms with van der Waals surface area (Å²) in [5, 5.41) is 6.52. The van der Waals surface area contributed by atoms with Gasteiger partial charge in [-0.25, -0.2) is 0 Å². The number of piperazine rings is 1. The Labute approximate surface area is 159 Å². The van der Waals surface area contributed by atoms with E-state index < -0.39 is 0 Å². The maximum Gasteiger partial charge on any atom is 0.272 e. The van der Waals surface area contributed by atoms with E-state index in [2.05, 4.69) is 20.0 Å². The summed E-state index contributed by atoms with van der Waals surface area (Å²) in [7, 11) is 0. The first-order valence-electron chi connectivity index (χ1n) is 8.19. The molecule has 1 saturated heterocycles. The maximum absolute atomic E-state index is 12.5. The topological polar surface area (TPSA) is 75.4 Å². The molecule has 0 spiro atoms. The van der Waals surface area contributed by atoms with Gasteiger partial charge in [-0.3, -0.25) is 14.7 Å². The number of halogens is 1. The summed E-state index contributed by atoms with van der Waals surface area (Å²) in [4.78, 5) is 26.0. The molecule has 4 rings (SSSR count). The Morgan fingerprint density at radius 2 is 2.12 bits per heavy atom. The van der Waals surface area contributed by atoms with Crippen molar-refractivity contribution in [3.05, 3.63) is 52.4 Å². The molecule has 0 atom stereocenters. The first-order chi connectivity index (χ1) is 12.7. The third-order valence-electron chi connectivity index (χ3n) is 4.17. The second-order valence-corrected chi connectivity index (χ2v) is 7.30. The number of hydrogen-bond donors (Lipinski definition) is 0. The molecule has 4 heterocycles. The highest BCUT2D eigenvalue weighted by molar-refractivity contribution is 7.13. The summed E-state index contributed by atoms with van der Waals surface area (Å²) in [6, 6.07) is 7.18. The molecule has 0 N–H and O–H groups in total. The first-order valence-corrected chi connectivity index (χ1v) is 9.44. The summed E-state index contributed by atoms with van der Waals surface area (Å²) >= 11 is 7.52. The van der Waals surface area contributed by atoms with E-state index in [1.165, 1.54) is 0 Å². The summed E-state index contributed by atoms with van der Waals surface area (Å²) < 4.78 is 5.35. The van der Waals surface area contributed by atoms with Gasteiger partial charge in [-0.2, -0.15) is 4.98 Å². The van der Waals surface area contributed by atoms with E-state index in [9.17, 15) is 4.79 Å². The number of thiophene rings is 1. The molecule has 1 aliphatic heterocycles. The van der Waals surface area contributed by atoms with Crippen LogP contribution in [0.2, 0.25) is 5.02 Å². The minimum absolute atomic E-state index is 0.0927. The third kappa shape index (κ3) is 3.77. The SMILES string of the molecule is O=C(c1cc(Cl)ccn1)N1CCN(Cc2nc(-c3cccs3)no2)CC1. The molecule has 3 aromatic heterocycles. The van der Waals surface area contributed by atoms with Gasteiger partial charge in [0, 0.05) is 37.4 Å². The van der Waals surface area contributed by atoms with Crippen molar-refractivity contribution >= 4 is 28.8 Å². The molecule has 134 valence electrons. The van der Waals surface area contributed by atoms with E-state index in [-0.39, 0.29) is 5.91 Å². The Kier molecular flexibility index (Phi) is 4.96. The highest BCUT2D eigenvalue weighted by atomic mass is 35.5. The van der Waals surface area contributed by atoms with Crippen molar-refractivity contribution in [1.82, 2.24) is 24.9 Å². The van der Waals surface area contributed by atoms with Crippen LogP contribution in [-0.2, 0) is 6.54 Å². The van der Waals surface area contributed by atoms with Crippen molar-refractivity contribution in [2.75, 3.05) is 26.2 Å². The molecule has 7 nitrogen and oxygen atoms in total. The zero-order valence-electron chi connectivity index (χ0n) is 13.8. The van der Waals surface area contributed by atoms with E-state index in [0.717, 1.165) is 18.0 Å². The monoisotopic (exact) mass is 389 g/mol. The molecule has 0 unspecified atom stereocenters. The van der Waals surface area contributed by atoms with Crippen LogP contribution in [0.1, 0.15) is 16.4 Å². The number of carbonyl (C=O) groups is 1. The fourth-order valence-corrected chi connectivity index (χ4v) is 3.62. The minimum Gasteiger partial charge on any atom is -0.338 e. The number of nitrogens with zero attached hydrogens (tertiary/aromatic N) is 5. The number of pyridine rings is 1. The van der Waals surface area contributed by atoms with Crippen LogP contribution in [0, 0.1) is 0 Å². The Hall–Kier alpha value is -2.29. The van der Waals surface area contributed by atoms with E-state index >= 15 is 0 Å². The van der Waals surface area contributed by atoms with Crippen molar-refractivity contribution < 1.29 is 9.32 Å². The highest BCUT2D eigenvalue weighted by Gasteiger charge is 2.24. The van der Waals surface area contributed by atoms with Crippen molar-refractivity contribution in [3.8, 4) is 10.7 Å². The van der Waals surface area contributed by atoms with Gasteiger partial charge < -0.3 is 9.42 Å². The van der Waals surface area contributed by atoms with Crippen LogP contribution in [0.25, 0.3) is 10.7 Å². The number of hydrogen-bond acceptors (Lipinski definition) is 7. The lowest BCUT2D eigenvalue weighted by molar-refractivity contribution is 0.0609. The standard InChI is InChI=1S/C17H16ClN5O2S/c18-12-3-4-19-13(10-12)17(24)23-7-5-22(6-8-23)11-15-20-16(21-25-15)14-2-1-9-26-14/h1-4,9-10H,5-8,11H2. The fourth-order valence-electron chi connectivity index (χ4n) is 2.81. The van der Waals surface area contributed by atoms with Gasteiger partial charge >= 0.3 is 0 Å². The molecular weight excluding hydrogens is 374 g/mol. The molecule has 1 fully saturated rings. The van der Waals surface area contributed by atoms with Crippen LogP contribution in [0.15, 0.2) is 40.4 Å². The molecule has 1 aliphatic rings. The smallest absolute Gasteiger partial charge is 0.272 e. The lowest BCUT2D eigenvalue weighted by Crippen LogP contribution is -2.48. The van der Waals surface area contributed by atoms with Crippen molar-refractivity contribution in [3.63, 3.8) is 0 Å². The average molecular weight is 390 g/mol. The quantitative estimate of drug-likeness (QED) is 0.683. The van der Waals surface area contributed by atoms with Crippen LogP contribution in [0.3, 0.4) is 0 Å². The summed E-state index contributed by atoms with van der Waals surface area (Å²) in [5.74, 6) is 1.12. The van der Waals surface area contributed by atoms with Gasteiger partial charge in [-0.15, -0.1) is 11.3 Å². The Morgan fingerprint density at radius 1 is 1.27 bits per heavy atom. The molecule has 0 aliphatic carbocycles. The van der Waals surface area contributed by atoms with Crippen LogP contribution in [0.5, 0.6) is 0 Å². The molecule has 1 amide bonds.